The first-order valence-electron chi connectivity index (χ1n) is 9.29. The first kappa shape index (κ1) is 20.3. The predicted molar refractivity (Wildman–Crippen MR) is 108 cm³/mol. The summed E-state index contributed by atoms with van der Waals surface area (Å²) >= 11 is 0. The van der Waals surface area contributed by atoms with E-state index in [1.165, 1.54) is 20.1 Å². The quantitative estimate of drug-likeness (QED) is 0.594. The van der Waals surface area contributed by atoms with Gasteiger partial charge >= 0.3 is 5.97 Å². The number of carbonyl (C=O) groups is 2. The van der Waals surface area contributed by atoms with Crippen molar-refractivity contribution in [1.29, 1.82) is 0 Å². The van der Waals surface area contributed by atoms with E-state index >= 15 is 0 Å². The zero-order chi connectivity index (χ0) is 20.6. The van der Waals surface area contributed by atoms with Gasteiger partial charge in [-0.1, -0.05) is 18.2 Å². The summed E-state index contributed by atoms with van der Waals surface area (Å²) in [5, 5.41) is 2.68. The number of amides is 1. The molecular weight excluding hydrogens is 374 g/mol. The molecule has 7 nitrogen and oxygen atoms in total. The third-order valence-electron chi connectivity index (χ3n) is 4.21. The average Bonchev–Trinajstić information content (AvgIpc) is 2.97. The number of anilines is 1. The van der Waals surface area contributed by atoms with Crippen LogP contribution in [-0.4, -0.2) is 38.3 Å². The molecule has 1 N–H and O–H groups in total. The highest BCUT2D eigenvalue weighted by Gasteiger charge is 2.18. The summed E-state index contributed by atoms with van der Waals surface area (Å²) in [6.07, 6.45) is 2.72. The molecule has 3 rings (SSSR count). The van der Waals surface area contributed by atoms with Crippen molar-refractivity contribution in [3.63, 3.8) is 0 Å². The van der Waals surface area contributed by atoms with Gasteiger partial charge in [-0.15, -0.1) is 0 Å². The highest BCUT2D eigenvalue weighted by Crippen LogP contribution is 2.30. The lowest BCUT2D eigenvalue weighted by molar-refractivity contribution is -0.148. The van der Waals surface area contributed by atoms with Gasteiger partial charge in [0, 0.05) is 12.5 Å². The summed E-state index contributed by atoms with van der Waals surface area (Å²) in [5.41, 5.74) is 1.27. The molecule has 2 aromatic rings. The van der Waals surface area contributed by atoms with Gasteiger partial charge in [-0.25, -0.2) is 4.79 Å². The molecule has 7 heteroatoms. The van der Waals surface area contributed by atoms with Crippen molar-refractivity contribution in [2.45, 2.75) is 19.4 Å². The number of hydrogen-bond acceptors (Lipinski definition) is 6. The summed E-state index contributed by atoms with van der Waals surface area (Å²) in [4.78, 5) is 24.4. The zero-order valence-electron chi connectivity index (χ0n) is 16.3. The lowest BCUT2D eigenvalue weighted by Crippen LogP contribution is -2.29. The third kappa shape index (κ3) is 5.51. The Bertz CT molecular complexity index is 908. The highest BCUT2D eigenvalue weighted by atomic mass is 16.5. The van der Waals surface area contributed by atoms with Crippen LogP contribution >= 0.6 is 0 Å². The van der Waals surface area contributed by atoms with Crippen LogP contribution in [0.3, 0.4) is 0 Å². The maximum absolute atomic E-state index is 12.3. The van der Waals surface area contributed by atoms with Gasteiger partial charge in [0.2, 0.25) is 0 Å². The Morgan fingerprint density at radius 2 is 1.86 bits per heavy atom. The fraction of sp³-hybridized carbons (Fsp3) is 0.273. The number of para-hydroxylation sites is 2. The van der Waals surface area contributed by atoms with Crippen molar-refractivity contribution in [2.75, 3.05) is 25.6 Å². The summed E-state index contributed by atoms with van der Waals surface area (Å²) in [6, 6.07) is 12.4. The number of ether oxygens (including phenoxy) is 4. The molecule has 1 aliphatic heterocycles. The standard InChI is InChI=1S/C22H23NO6/c1-15(22(25)23-17-6-3-4-7-18(17)26-2)29-21(24)11-9-16-8-10-19-20(14-16)28-13-5-12-27-19/h3-4,6-11,14-15H,5,12-13H2,1-2H3,(H,23,25)/b11-9+/t15-/m0/s1. The van der Waals surface area contributed by atoms with Gasteiger partial charge in [-0.05, 0) is 42.8 Å². The van der Waals surface area contributed by atoms with E-state index in [0.717, 1.165) is 12.0 Å². The molecular formula is C22H23NO6. The van der Waals surface area contributed by atoms with Gasteiger partial charge < -0.3 is 24.3 Å². The summed E-state index contributed by atoms with van der Waals surface area (Å²) < 4.78 is 21.6. The smallest absolute Gasteiger partial charge is 0.331 e. The first-order valence-corrected chi connectivity index (χ1v) is 9.29. The molecule has 0 saturated heterocycles. The first-order chi connectivity index (χ1) is 14.1. The second kappa shape index (κ2) is 9.64. The molecule has 0 spiro atoms. The minimum Gasteiger partial charge on any atom is -0.495 e. The van der Waals surface area contributed by atoms with Crippen LogP contribution in [0.25, 0.3) is 6.08 Å². The van der Waals surface area contributed by atoms with Crippen LogP contribution in [0.15, 0.2) is 48.5 Å². The molecule has 29 heavy (non-hydrogen) atoms. The van der Waals surface area contributed by atoms with Gasteiger partial charge in [0.15, 0.2) is 17.6 Å². The SMILES string of the molecule is COc1ccccc1NC(=O)[C@H](C)OC(=O)/C=C/c1ccc2c(c1)OCCCO2. The fourth-order valence-electron chi connectivity index (χ4n) is 2.70. The number of benzene rings is 2. The van der Waals surface area contributed by atoms with Crippen molar-refractivity contribution in [3.8, 4) is 17.2 Å². The Kier molecular flexibility index (Phi) is 6.73. The Labute approximate surface area is 169 Å². The predicted octanol–water partition coefficient (Wildman–Crippen LogP) is 3.44. The average molecular weight is 397 g/mol. The number of methoxy groups -OCH3 is 1. The van der Waals surface area contributed by atoms with Crippen LogP contribution in [0.5, 0.6) is 17.2 Å². The molecule has 2 aromatic carbocycles. The normalized spacial score (nSPS) is 14.0. The van der Waals surface area contributed by atoms with Gasteiger partial charge in [0.25, 0.3) is 5.91 Å². The topological polar surface area (TPSA) is 83.1 Å². The molecule has 0 bridgehead atoms. The Hall–Kier alpha value is -3.48. The largest absolute Gasteiger partial charge is 0.495 e. The Morgan fingerprint density at radius 3 is 2.66 bits per heavy atom. The van der Waals surface area contributed by atoms with Crippen LogP contribution in [0.2, 0.25) is 0 Å². The molecule has 1 heterocycles. The fourth-order valence-corrected chi connectivity index (χ4v) is 2.70. The molecule has 1 aliphatic rings. The summed E-state index contributed by atoms with van der Waals surface area (Å²) in [6.45, 7) is 2.70. The van der Waals surface area contributed by atoms with E-state index in [2.05, 4.69) is 5.32 Å². The molecule has 1 amide bonds. The van der Waals surface area contributed by atoms with Crippen LogP contribution in [0, 0.1) is 0 Å². The van der Waals surface area contributed by atoms with Gasteiger partial charge in [-0.2, -0.15) is 0 Å². The van der Waals surface area contributed by atoms with Crippen LogP contribution < -0.4 is 19.5 Å². The lowest BCUT2D eigenvalue weighted by atomic mass is 10.2. The molecule has 0 radical (unpaired) electrons. The second-order valence-corrected chi connectivity index (χ2v) is 6.36. The van der Waals surface area contributed by atoms with Crippen molar-refractivity contribution in [2.24, 2.45) is 0 Å². The van der Waals surface area contributed by atoms with E-state index in [4.69, 9.17) is 18.9 Å². The molecule has 0 fully saturated rings. The molecule has 0 aliphatic carbocycles. The second-order valence-electron chi connectivity index (χ2n) is 6.36. The van der Waals surface area contributed by atoms with E-state index in [-0.39, 0.29) is 0 Å². The Balaban J connectivity index is 1.57. The molecule has 152 valence electrons. The summed E-state index contributed by atoms with van der Waals surface area (Å²) in [7, 11) is 1.51. The van der Waals surface area contributed by atoms with Crippen molar-refractivity contribution < 1.29 is 28.5 Å². The summed E-state index contributed by atoms with van der Waals surface area (Å²) in [5.74, 6) is 0.770. The van der Waals surface area contributed by atoms with Crippen molar-refractivity contribution in [1.82, 2.24) is 0 Å². The van der Waals surface area contributed by atoms with E-state index < -0.39 is 18.0 Å². The number of esters is 1. The van der Waals surface area contributed by atoms with E-state index in [9.17, 15) is 9.59 Å². The van der Waals surface area contributed by atoms with Crippen LogP contribution in [-0.2, 0) is 14.3 Å². The Morgan fingerprint density at radius 1 is 1.10 bits per heavy atom. The van der Waals surface area contributed by atoms with Gasteiger partial charge in [0.1, 0.15) is 5.75 Å². The van der Waals surface area contributed by atoms with E-state index in [0.29, 0.717) is 36.1 Å². The van der Waals surface area contributed by atoms with Gasteiger partial charge in [-0.3, -0.25) is 4.79 Å². The van der Waals surface area contributed by atoms with Gasteiger partial charge in [0.05, 0.1) is 26.0 Å². The zero-order valence-corrected chi connectivity index (χ0v) is 16.3. The van der Waals surface area contributed by atoms with E-state index in [1.54, 1.807) is 42.5 Å². The maximum atomic E-state index is 12.3. The number of hydrogen-bond donors (Lipinski definition) is 1. The minimum absolute atomic E-state index is 0.452. The van der Waals surface area contributed by atoms with Crippen LogP contribution in [0.1, 0.15) is 18.9 Å². The molecule has 1 atom stereocenters. The lowest BCUT2D eigenvalue weighted by Gasteiger charge is -2.14. The monoisotopic (exact) mass is 397 g/mol. The number of carbonyl (C=O) groups excluding carboxylic acids is 2. The van der Waals surface area contributed by atoms with E-state index in [1.807, 2.05) is 6.07 Å². The molecule has 0 unspecified atom stereocenters. The van der Waals surface area contributed by atoms with Crippen molar-refractivity contribution in [3.05, 3.63) is 54.1 Å². The van der Waals surface area contributed by atoms with Crippen molar-refractivity contribution >= 4 is 23.6 Å². The number of fused-ring (bicyclic) bond motifs is 1. The molecule has 0 saturated carbocycles. The highest BCUT2D eigenvalue weighted by molar-refractivity contribution is 5.97. The van der Waals surface area contributed by atoms with Crippen LogP contribution in [0.4, 0.5) is 5.69 Å². The molecule has 0 aromatic heterocycles. The number of nitrogens with one attached hydrogen (secondary N) is 1. The number of rotatable bonds is 6. The maximum Gasteiger partial charge on any atom is 0.331 e. The minimum atomic E-state index is -0.971. The third-order valence-corrected chi connectivity index (χ3v) is 4.21.